The molecule has 6 rings (SSSR count). The summed E-state index contributed by atoms with van der Waals surface area (Å²) in [6, 6.07) is 11.6. The number of hydrogen-bond acceptors (Lipinski definition) is 7. The molecule has 4 heterocycles. The summed E-state index contributed by atoms with van der Waals surface area (Å²) in [5, 5.41) is 4.16. The number of likely N-dealkylation sites (N-methyl/N-ethyl adjacent to an activating group) is 1. The molecule has 1 N–H and O–H groups in total. The van der Waals surface area contributed by atoms with Crippen LogP contribution in [0.5, 0.6) is 0 Å². The third-order valence-electron chi connectivity index (χ3n) is 9.09. The molecular formula is C37H47N7O4. The van der Waals surface area contributed by atoms with E-state index in [0.717, 1.165) is 40.1 Å². The molecule has 1 aliphatic heterocycles. The van der Waals surface area contributed by atoms with E-state index in [-0.39, 0.29) is 36.2 Å². The molecule has 11 nitrogen and oxygen atoms in total. The van der Waals surface area contributed by atoms with E-state index in [1.165, 1.54) is 18.9 Å². The number of benzene rings is 1. The van der Waals surface area contributed by atoms with Crippen molar-refractivity contribution < 1.29 is 19.1 Å². The summed E-state index contributed by atoms with van der Waals surface area (Å²) in [4.78, 5) is 53.1. The van der Waals surface area contributed by atoms with Crippen LogP contribution in [-0.4, -0.2) is 92.1 Å². The monoisotopic (exact) mass is 653 g/mol. The first-order valence-electron chi connectivity index (χ1n) is 16.9. The second kappa shape index (κ2) is 13.5. The van der Waals surface area contributed by atoms with Crippen LogP contribution in [0.2, 0.25) is 0 Å². The van der Waals surface area contributed by atoms with E-state index in [4.69, 9.17) is 9.72 Å². The van der Waals surface area contributed by atoms with Crippen molar-refractivity contribution in [2.45, 2.75) is 64.6 Å². The summed E-state index contributed by atoms with van der Waals surface area (Å²) in [5.74, 6) is 0.523. The number of nitrogens with one attached hydrogen (secondary N) is 1. The summed E-state index contributed by atoms with van der Waals surface area (Å²) >= 11 is 0. The number of nitrogens with zero attached hydrogens (tertiary/aromatic N) is 6. The van der Waals surface area contributed by atoms with Crippen LogP contribution >= 0.6 is 0 Å². The third kappa shape index (κ3) is 7.62. The number of likely N-dealkylation sites (tertiary alicyclic amines) is 1. The standard InChI is InChI=1S/C37H47N7O4/c1-37(2,3)48-33(46)21-27-23-43(18-15-28(27)39-32(45)10-8-17-41(4)5)36(47)26-13-14-30-29(19-26)40-35(42(30)6)31-20-25-9-7-16-38-34(25)44(31)22-24-11-12-24/h7-10,13-14,16,19-20,24,27-28H,11-12,15,17-18,21-23H2,1-6H3,(H,39,45)/b10-8+/t27-,28+/m0/s1. The van der Waals surface area contributed by atoms with E-state index in [2.05, 4.69) is 31.6 Å². The summed E-state index contributed by atoms with van der Waals surface area (Å²) < 4.78 is 9.99. The average Bonchev–Trinajstić information content (AvgIpc) is 3.69. The largest absolute Gasteiger partial charge is 0.460 e. The van der Waals surface area contributed by atoms with Gasteiger partial charge in [0.2, 0.25) is 5.91 Å². The van der Waals surface area contributed by atoms with E-state index >= 15 is 0 Å². The highest BCUT2D eigenvalue weighted by molar-refractivity contribution is 5.98. The number of fused-ring (bicyclic) bond motifs is 2. The normalized spacial score (nSPS) is 18.7. The Morgan fingerprint density at radius 2 is 1.90 bits per heavy atom. The Balaban J connectivity index is 1.23. The molecule has 4 aromatic rings. The van der Waals surface area contributed by atoms with Gasteiger partial charge in [0.15, 0.2) is 5.82 Å². The lowest BCUT2D eigenvalue weighted by Crippen LogP contribution is -2.53. The van der Waals surface area contributed by atoms with Gasteiger partial charge in [-0.3, -0.25) is 14.4 Å². The quantitative estimate of drug-likeness (QED) is 0.193. The molecule has 1 saturated carbocycles. The molecule has 1 aromatic carbocycles. The van der Waals surface area contributed by atoms with Gasteiger partial charge in [-0.25, -0.2) is 9.97 Å². The van der Waals surface area contributed by atoms with Gasteiger partial charge in [0.1, 0.15) is 11.2 Å². The number of aromatic nitrogens is 4. The topological polar surface area (TPSA) is 115 Å². The SMILES string of the molecule is CN(C)C/C=C/C(=O)N[C@@H]1CCN(C(=O)c2ccc3c(c2)nc(-c2cc4cccnc4n2CC2CC2)n3C)C[C@@H]1CC(=O)OC(C)(C)C. The molecule has 2 aliphatic rings. The van der Waals surface area contributed by atoms with Gasteiger partial charge in [-0.2, -0.15) is 0 Å². The zero-order valence-corrected chi connectivity index (χ0v) is 28.9. The second-order valence-corrected chi connectivity index (χ2v) is 14.6. The summed E-state index contributed by atoms with van der Waals surface area (Å²) in [5.41, 5.74) is 3.57. The van der Waals surface area contributed by atoms with E-state index in [0.29, 0.717) is 37.5 Å². The minimum Gasteiger partial charge on any atom is -0.460 e. The van der Waals surface area contributed by atoms with Crippen molar-refractivity contribution in [3.05, 3.63) is 60.3 Å². The van der Waals surface area contributed by atoms with Crippen molar-refractivity contribution in [1.29, 1.82) is 0 Å². The first-order valence-corrected chi connectivity index (χ1v) is 16.9. The lowest BCUT2D eigenvalue weighted by atomic mass is 9.88. The second-order valence-electron chi connectivity index (χ2n) is 14.6. The number of ether oxygens (including phenoxy) is 1. The number of carbonyl (C=O) groups is 3. The smallest absolute Gasteiger partial charge is 0.306 e. The van der Waals surface area contributed by atoms with Crippen LogP contribution in [0.15, 0.2) is 54.7 Å². The van der Waals surface area contributed by atoms with Crippen molar-refractivity contribution >= 4 is 39.9 Å². The Kier molecular flexibility index (Phi) is 9.42. The molecule has 254 valence electrons. The lowest BCUT2D eigenvalue weighted by Gasteiger charge is -2.39. The number of hydrogen-bond donors (Lipinski definition) is 1. The van der Waals surface area contributed by atoms with Crippen LogP contribution < -0.4 is 5.32 Å². The van der Waals surface area contributed by atoms with Gasteiger partial charge < -0.3 is 29.0 Å². The zero-order chi connectivity index (χ0) is 34.2. The highest BCUT2D eigenvalue weighted by atomic mass is 16.6. The van der Waals surface area contributed by atoms with Crippen LogP contribution in [0.3, 0.4) is 0 Å². The molecule has 2 fully saturated rings. The van der Waals surface area contributed by atoms with Crippen LogP contribution in [0.25, 0.3) is 33.6 Å². The van der Waals surface area contributed by atoms with Crippen LogP contribution in [-0.2, 0) is 27.9 Å². The fraction of sp³-hybridized carbons (Fsp3) is 0.486. The molecule has 1 saturated heterocycles. The molecular weight excluding hydrogens is 606 g/mol. The Hall–Kier alpha value is -4.51. The van der Waals surface area contributed by atoms with Gasteiger partial charge in [-0.1, -0.05) is 6.08 Å². The number of aryl methyl sites for hydroxylation is 1. The van der Waals surface area contributed by atoms with Gasteiger partial charge in [-0.05, 0) is 96.4 Å². The molecule has 2 atom stereocenters. The predicted octanol–water partition coefficient (Wildman–Crippen LogP) is 4.80. The highest BCUT2D eigenvalue weighted by Gasteiger charge is 2.35. The number of imidazole rings is 1. The molecule has 0 unspecified atom stereocenters. The van der Waals surface area contributed by atoms with Gasteiger partial charge >= 0.3 is 5.97 Å². The maximum atomic E-state index is 14.0. The van der Waals surface area contributed by atoms with E-state index in [1.807, 2.05) is 77.3 Å². The first kappa shape index (κ1) is 33.4. The predicted molar refractivity (Wildman–Crippen MR) is 186 cm³/mol. The number of carbonyl (C=O) groups excluding carboxylic acids is 3. The van der Waals surface area contributed by atoms with Crippen molar-refractivity contribution in [1.82, 2.24) is 34.2 Å². The fourth-order valence-corrected chi connectivity index (χ4v) is 6.57. The van der Waals surface area contributed by atoms with Gasteiger partial charge in [0.05, 0.1) is 23.1 Å². The summed E-state index contributed by atoms with van der Waals surface area (Å²) in [6.07, 6.45) is 8.26. The van der Waals surface area contributed by atoms with Crippen LogP contribution in [0.1, 0.15) is 56.8 Å². The molecule has 0 radical (unpaired) electrons. The van der Waals surface area contributed by atoms with E-state index in [1.54, 1.807) is 11.0 Å². The van der Waals surface area contributed by atoms with Crippen LogP contribution in [0.4, 0.5) is 0 Å². The zero-order valence-electron chi connectivity index (χ0n) is 28.9. The Morgan fingerprint density at radius 3 is 2.62 bits per heavy atom. The molecule has 11 heteroatoms. The number of amides is 2. The third-order valence-corrected chi connectivity index (χ3v) is 9.09. The van der Waals surface area contributed by atoms with Gasteiger partial charge in [0, 0.05) is 68.4 Å². The van der Waals surface area contributed by atoms with Gasteiger partial charge in [0.25, 0.3) is 5.91 Å². The molecule has 1 aliphatic carbocycles. The molecule has 2 amide bonds. The van der Waals surface area contributed by atoms with E-state index < -0.39 is 5.60 Å². The maximum absolute atomic E-state index is 14.0. The highest BCUT2D eigenvalue weighted by Crippen LogP contribution is 2.36. The molecule has 48 heavy (non-hydrogen) atoms. The number of piperidine rings is 1. The van der Waals surface area contributed by atoms with Gasteiger partial charge in [-0.15, -0.1) is 0 Å². The van der Waals surface area contributed by atoms with Crippen molar-refractivity contribution in [2.75, 3.05) is 33.7 Å². The lowest BCUT2D eigenvalue weighted by molar-refractivity contribution is -0.156. The molecule has 0 bridgehead atoms. The Morgan fingerprint density at radius 1 is 1.10 bits per heavy atom. The number of pyridine rings is 1. The molecule has 0 spiro atoms. The number of esters is 1. The van der Waals surface area contributed by atoms with Crippen molar-refractivity contribution in [3.8, 4) is 11.5 Å². The fourth-order valence-electron chi connectivity index (χ4n) is 6.57. The van der Waals surface area contributed by atoms with Crippen LogP contribution in [0, 0.1) is 11.8 Å². The van der Waals surface area contributed by atoms with Crippen molar-refractivity contribution in [2.24, 2.45) is 18.9 Å². The Labute approximate surface area is 281 Å². The minimum atomic E-state index is -0.630. The minimum absolute atomic E-state index is 0.0970. The summed E-state index contributed by atoms with van der Waals surface area (Å²) in [6.45, 7) is 7.83. The van der Waals surface area contributed by atoms with E-state index in [9.17, 15) is 14.4 Å². The first-order chi connectivity index (χ1) is 22.9. The number of rotatable bonds is 10. The summed E-state index contributed by atoms with van der Waals surface area (Å²) in [7, 11) is 5.88. The van der Waals surface area contributed by atoms with Crippen molar-refractivity contribution in [3.63, 3.8) is 0 Å². The molecule has 3 aromatic heterocycles. The maximum Gasteiger partial charge on any atom is 0.306 e. The Bertz CT molecular complexity index is 1860. The average molecular weight is 654 g/mol.